The molecule has 4 heteroatoms. The van der Waals surface area contributed by atoms with Crippen molar-refractivity contribution in [3.63, 3.8) is 0 Å². The predicted molar refractivity (Wildman–Crippen MR) is 103 cm³/mol. The van der Waals surface area contributed by atoms with Crippen molar-refractivity contribution in [3.05, 3.63) is 87.7 Å². The normalized spacial score (nSPS) is 11.0. The second-order valence-electron chi connectivity index (χ2n) is 5.98. The summed E-state index contributed by atoms with van der Waals surface area (Å²) >= 11 is 6.10. The molecule has 0 saturated heterocycles. The van der Waals surface area contributed by atoms with Crippen molar-refractivity contribution in [1.82, 2.24) is 9.97 Å². The second kappa shape index (κ2) is 6.19. The minimum absolute atomic E-state index is 0.128. The number of hydrogen-bond acceptors (Lipinski definition) is 2. The minimum Gasteiger partial charge on any atom is -0.306 e. The van der Waals surface area contributed by atoms with Crippen LogP contribution in [0.25, 0.3) is 33.4 Å². The Kier molecular flexibility index (Phi) is 3.86. The summed E-state index contributed by atoms with van der Waals surface area (Å²) in [5, 5.41) is 1.30. The number of fused-ring (bicyclic) bond motifs is 1. The van der Waals surface area contributed by atoms with Gasteiger partial charge in [-0.2, -0.15) is 0 Å². The summed E-state index contributed by atoms with van der Waals surface area (Å²) in [5.41, 5.74) is 4.49. The van der Waals surface area contributed by atoms with E-state index in [4.69, 9.17) is 11.6 Å². The Morgan fingerprint density at radius 2 is 1.56 bits per heavy atom. The zero-order chi connectivity index (χ0) is 17.4. The molecule has 0 saturated carbocycles. The number of aryl methyl sites for hydroxylation is 1. The van der Waals surface area contributed by atoms with Gasteiger partial charge in [0.25, 0.3) is 5.56 Å². The largest absolute Gasteiger partial charge is 0.306 e. The van der Waals surface area contributed by atoms with E-state index in [1.807, 2.05) is 67.6 Å². The van der Waals surface area contributed by atoms with Crippen LogP contribution in [0.5, 0.6) is 0 Å². The molecule has 4 aromatic rings. The predicted octanol–water partition coefficient (Wildman–Crippen LogP) is 5.22. The molecule has 0 fully saturated rings. The first-order chi connectivity index (χ1) is 12.1. The minimum atomic E-state index is -0.128. The fourth-order valence-electron chi connectivity index (χ4n) is 2.96. The molecule has 3 nitrogen and oxygen atoms in total. The topological polar surface area (TPSA) is 45.8 Å². The number of para-hydroxylation sites is 1. The maximum atomic E-state index is 12.4. The molecule has 0 aliphatic heterocycles. The Hall–Kier alpha value is -2.91. The third kappa shape index (κ3) is 2.94. The summed E-state index contributed by atoms with van der Waals surface area (Å²) in [5.74, 6) is 0.565. The monoisotopic (exact) mass is 346 g/mol. The molecule has 25 heavy (non-hydrogen) atoms. The third-order valence-corrected chi connectivity index (χ3v) is 4.47. The lowest BCUT2D eigenvalue weighted by atomic mass is 10.0. The van der Waals surface area contributed by atoms with E-state index in [1.165, 1.54) is 0 Å². The molecule has 1 heterocycles. The van der Waals surface area contributed by atoms with Crippen molar-refractivity contribution in [1.29, 1.82) is 0 Å². The maximum absolute atomic E-state index is 12.4. The van der Waals surface area contributed by atoms with Crippen LogP contribution in [0.1, 0.15) is 5.56 Å². The van der Waals surface area contributed by atoms with Crippen LogP contribution in [0.3, 0.4) is 0 Å². The molecule has 1 N–H and O–H groups in total. The summed E-state index contributed by atoms with van der Waals surface area (Å²) in [4.78, 5) is 20.0. The van der Waals surface area contributed by atoms with Gasteiger partial charge in [-0.1, -0.05) is 54.1 Å². The highest BCUT2D eigenvalue weighted by atomic mass is 35.5. The summed E-state index contributed by atoms with van der Waals surface area (Å²) in [7, 11) is 0. The van der Waals surface area contributed by atoms with Crippen LogP contribution in [0.15, 0.2) is 71.5 Å². The molecule has 0 spiro atoms. The lowest BCUT2D eigenvalue weighted by Crippen LogP contribution is -2.10. The number of hydrogen-bond donors (Lipinski definition) is 1. The molecule has 0 unspecified atom stereocenters. The van der Waals surface area contributed by atoms with Crippen molar-refractivity contribution >= 4 is 22.5 Å². The van der Waals surface area contributed by atoms with Crippen LogP contribution in [-0.2, 0) is 0 Å². The Balaban J connectivity index is 1.88. The molecule has 0 atom stereocenters. The van der Waals surface area contributed by atoms with Gasteiger partial charge in [-0.15, -0.1) is 0 Å². The third-order valence-electron chi connectivity index (χ3n) is 4.23. The fourth-order valence-corrected chi connectivity index (χ4v) is 3.15. The molecule has 1 aromatic heterocycles. The van der Waals surface area contributed by atoms with Gasteiger partial charge in [-0.25, -0.2) is 4.98 Å². The van der Waals surface area contributed by atoms with Gasteiger partial charge in [0.05, 0.1) is 10.9 Å². The number of nitrogens with zero attached hydrogens (tertiary/aromatic N) is 1. The second-order valence-corrected chi connectivity index (χ2v) is 6.41. The summed E-state index contributed by atoms with van der Waals surface area (Å²) in [6.07, 6.45) is 0. The van der Waals surface area contributed by atoms with Crippen LogP contribution in [0.4, 0.5) is 0 Å². The molecule has 122 valence electrons. The Bertz CT molecular complexity index is 1150. The van der Waals surface area contributed by atoms with E-state index in [0.29, 0.717) is 16.2 Å². The van der Waals surface area contributed by atoms with Crippen molar-refractivity contribution in [2.45, 2.75) is 6.92 Å². The Morgan fingerprint density at radius 3 is 2.36 bits per heavy atom. The van der Waals surface area contributed by atoms with Gasteiger partial charge in [0.2, 0.25) is 0 Å². The zero-order valence-corrected chi connectivity index (χ0v) is 14.3. The van der Waals surface area contributed by atoms with Gasteiger partial charge in [0.15, 0.2) is 0 Å². The summed E-state index contributed by atoms with van der Waals surface area (Å²) < 4.78 is 0. The van der Waals surface area contributed by atoms with Crippen LogP contribution >= 0.6 is 11.6 Å². The summed E-state index contributed by atoms with van der Waals surface area (Å²) in [6, 6.07) is 21.2. The van der Waals surface area contributed by atoms with E-state index in [-0.39, 0.29) is 5.56 Å². The van der Waals surface area contributed by atoms with E-state index in [0.717, 1.165) is 27.8 Å². The maximum Gasteiger partial charge on any atom is 0.259 e. The van der Waals surface area contributed by atoms with E-state index >= 15 is 0 Å². The number of nitrogens with one attached hydrogen (secondary N) is 1. The molecule has 0 bridgehead atoms. The highest BCUT2D eigenvalue weighted by Gasteiger charge is 2.09. The Labute approximate surface area is 149 Å². The summed E-state index contributed by atoms with van der Waals surface area (Å²) in [6.45, 7) is 1.96. The average molecular weight is 347 g/mol. The number of benzene rings is 3. The van der Waals surface area contributed by atoms with E-state index in [9.17, 15) is 4.79 Å². The smallest absolute Gasteiger partial charge is 0.259 e. The number of halogens is 1. The Morgan fingerprint density at radius 1 is 0.880 bits per heavy atom. The van der Waals surface area contributed by atoms with Gasteiger partial charge < -0.3 is 4.98 Å². The molecule has 0 aliphatic carbocycles. The van der Waals surface area contributed by atoms with Crippen LogP contribution < -0.4 is 5.56 Å². The lowest BCUT2D eigenvalue weighted by Gasteiger charge is -2.08. The first kappa shape index (κ1) is 15.6. The van der Waals surface area contributed by atoms with E-state index in [2.05, 4.69) is 9.97 Å². The molecule has 0 aliphatic rings. The zero-order valence-electron chi connectivity index (χ0n) is 13.6. The number of aromatic nitrogens is 2. The van der Waals surface area contributed by atoms with Gasteiger partial charge in [-0.3, -0.25) is 4.79 Å². The molecular formula is C21H15ClN2O. The molecule has 3 aromatic carbocycles. The number of H-pyrrole nitrogens is 1. The van der Waals surface area contributed by atoms with Crippen LogP contribution in [0, 0.1) is 6.92 Å². The van der Waals surface area contributed by atoms with Gasteiger partial charge in [0.1, 0.15) is 5.82 Å². The fraction of sp³-hybridized carbons (Fsp3) is 0.0476. The van der Waals surface area contributed by atoms with Crippen molar-refractivity contribution < 1.29 is 0 Å². The van der Waals surface area contributed by atoms with Gasteiger partial charge in [-0.05, 0) is 47.9 Å². The van der Waals surface area contributed by atoms with Crippen LogP contribution in [-0.4, -0.2) is 9.97 Å². The molecular weight excluding hydrogens is 332 g/mol. The van der Waals surface area contributed by atoms with Gasteiger partial charge in [0, 0.05) is 10.6 Å². The highest BCUT2D eigenvalue weighted by molar-refractivity contribution is 6.30. The molecule has 0 amide bonds. The van der Waals surface area contributed by atoms with Gasteiger partial charge >= 0.3 is 0 Å². The van der Waals surface area contributed by atoms with Crippen molar-refractivity contribution in [2.24, 2.45) is 0 Å². The van der Waals surface area contributed by atoms with E-state index in [1.54, 1.807) is 6.07 Å². The first-order valence-electron chi connectivity index (χ1n) is 7.98. The van der Waals surface area contributed by atoms with Crippen LogP contribution in [0.2, 0.25) is 5.02 Å². The first-order valence-corrected chi connectivity index (χ1v) is 8.36. The molecule has 0 radical (unpaired) electrons. The SMILES string of the molecule is Cc1cccc2c(=O)[nH]c(-c3cccc(-c4cccc(Cl)c4)c3)nc12. The van der Waals surface area contributed by atoms with Crippen molar-refractivity contribution in [2.75, 3.05) is 0 Å². The number of aromatic amines is 1. The lowest BCUT2D eigenvalue weighted by molar-refractivity contribution is 1.17. The number of rotatable bonds is 2. The average Bonchev–Trinajstić information content (AvgIpc) is 2.63. The van der Waals surface area contributed by atoms with E-state index < -0.39 is 0 Å². The molecule has 4 rings (SSSR count). The standard InChI is InChI=1S/C21H15ClN2O/c1-13-5-2-10-18-19(13)23-20(24-21(18)25)16-8-3-6-14(11-16)15-7-4-9-17(22)12-15/h2-12H,1H3,(H,23,24,25). The highest BCUT2D eigenvalue weighted by Crippen LogP contribution is 2.27. The quantitative estimate of drug-likeness (QED) is 0.541. The van der Waals surface area contributed by atoms with Crippen molar-refractivity contribution in [3.8, 4) is 22.5 Å².